The molecule has 0 aliphatic carbocycles. The van der Waals surface area contributed by atoms with Gasteiger partial charge >= 0.3 is 0 Å². The molecule has 0 saturated heterocycles. The Morgan fingerprint density at radius 3 is 2.95 bits per heavy atom. The number of carbonyl (C=O) groups excluding carboxylic acids is 2. The standard InChI is InChI=1S/C14H16N4O2/c1-10(19)18-8-6-11-9-12(4-5-13(11)18)14(20)3-2-7-16-17-15/h4-5,9H,2-3,6-8H2,1H3. The lowest BCUT2D eigenvalue weighted by molar-refractivity contribution is -0.116. The van der Waals surface area contributed by atoms with E-state index in [1.165, 1.54) is 0 Å². The van der Waals surface area contributed by atoms with Crippen molar-refractivity contribution >= 4 is 17.4 Å². The third-order valence-electron chi connectivity index (χ3n) is 3.40. The molecule has 2 rings (SSSR count). The third kappa shape index (κ3) is 2.97. The molecule has 0 aromatic heterocycles. The van der Waals surface area contributed by atoms with E-state index in [9.17, 15) is 9.59 Å². The Labute approximate surface area is 117 Å². The smallest absolute Gasteiger partial charge is 0.223 e. The van der Waals surface area contributed by atoms with E-state index < -0.39 is 0 Å². The predicted molar refractivity (Wildman–Crippen MR) is 75.8 cm³/mol. The van der Waals surface area contributed by atoms with E-state index in [2.05, 4.69) is 10.0 Å². The molecule has 0 atom stereocenters. The molecule has 0 fully saturated rings. The normalized spacial score (nSPS) is 12.8. The molecule has 1 heterocycles. The van der Waals surface area contributed by atoms with Gasteiger partial charge in [-0.1, -0.05) is 5.11 Å². The highest BCUT2D eigenvalue weighted by atomic mass is 16.2. The molecule has 1 aromatic rings. The van der Waals surface area contributed by atoms with E-state index in [4.69, 9.17) is 5.53 Å². The summed E-state index contributed by atoms with van der Waals surface area (Å²) < 4.78 is 0. The van der Waals surface area contributed by atoms with Gasteiger partial charge in [-0.25, -0.2) is 0 Å². The van der Waals surface area contributed by atoms with Gasteiger partial charge in [-0.3, -0.25) is 9.59 Å². The fourth-order valence-corrected chi connectivity index (χ4v) is 2.40. The van der Waals surface area contributed by atoms with Crippen molar-refractivity contribution in [2.45, 2.75) is 26.2 Å². The van der Waals surface area contributed by atoms with Crippen LogP contribution in [0.3, 0.4) is 0 Å². The number of Topliss-reactive ketones (excluding diaryl/α,β-unsaturated/α-hetero) is 1. The maximum Gasteiger partial charge on any atom is 0.223 e. The van der Waals surface area contributed by atoms with Crippen LogP contribution in [0.1, 0.15) is 35.7 Å². The maximum atomic E-state index is 12.0. The number of ketones is 1. The van der Waals surface area contributed by atoms with Crippen molar-refractivity contribution in [3.8, 4) is 0 Å². The van der Waals surface area contributed by atoms with Crippen molar-refractivity contribution in [2.75, 3.05) is 18.0 Å². The Morgan fingerprint density at radius 2 is 2.25 bits per heavy atom. The lowest BCUT2D eigenvalue weighted by Gasteiger charge is -2.14. The average molecular weight is 272 g/mol. The first-order valence-electron chi connectivity index (χ1n) is 6.58. The van der Waals surface area contributed by atoms with Gasteiger partial charge in [0.05, 0.1) is 0 Å². The van der Waals surface area contributed by atoms with Gasteiger partial charge in [0, 0.05) is 42.6 Å². The van der Waals surface area contributed by atoms with Crippen LogP contribution in [0, 0.1) is 0 Å². The van der Waals surface area contributed by atoms with Crippen molar-refractivity contribution < 1.29 is 9.59 Å². The molecule has 6 nitrogen and oxygen atoms in total. The minimum absolute atomic E-state index is 0.0252. The van der Waals surface area contributed by atoms with Crippen molar-refractivity contribution in [1.29, 1.82) is 0 Å². The van der Waals surface area contributed by atoms with Gasteiger partial charge in [0.15, 0.2) is 5.78 Å². The second kappa shape index (κ2) is 6.21. The van der Waals surface area contributed by atoms with Crippen LogP contribution in [0.25, 0.3) is 10.4 Å². The molecule has 0 unspecified atom stereocenters. The monoisotopic (exact) mass is 272 g/mol. The predicted octanol–water partition coefficient (Wildman–Crippen LogP) is 2.87. The largest absolute Gasteiger partial charge is 0.312 e. The highest BCUT2D eigenvalue weighted by Crippen LogP contribution is 2.29. The molecule has 1 aromatic carbocycles. The first-order valence-corrected chi connectivity index (χ1v) is 6.58. The summed E-state index contributed by atoms with van der Waals surface area (Å²) in [6, 6.07) is 5.47. The second-order valence-electron chi connectivity index (χ2n) is 4.75. The van der Waals surface area contributed by atoms with Crippen LogP contribution in [0.2, 0.25) is 0 Å². The number of anilines is 1. The molecule has 1 aliphatic rings. The Kier molecular flexibility index (Phi) is 4.38. The van der Waals surface area contributed by atoms with E-state index in [0.29, 0.717) is 31.5 Å². The third-order valence-corrected chi connectivity index (χ3v) is 3.40. The SMILES string of the molecule is CC(=O)N1CCc2cc(C(=O)CCCN=[N+]=[N-])ccc21. The zero-order valence-electron chi connectivity index (χ0n) is 11.4. The Balaban J connectivity index is 2.06. The van der Waals surface area contributed by atoms with Crippen molar-refractivity contribution in [1.82, 2.24) is 0 Å². The fraction of sp³-hybridized carbons (Fsp3) is 0.429. The first-order chi connectivity index (χ1) is 9.63. The number of benzene rings is 1. The van der Waals surface area contributed by atoms with Crippen LogP contribution < -0.4 is 4.90 Å². The number of fused-ring (bicyclic) bond motifs is 1. The van der Waals surface area contributed by atoms with Crippen molar-refractivity contribution in [3.63, 3.8) is 0 Å². The molecule has 0 saturated carbocycles. The van der Waals surface area contributed by atoms with Gasteiger partial charge in [0.1, 0.15) is 0 Å². The second-order valence-corrected chi connectivity index (χ2v) is 4.75. The molecule has 6 heteroatoms. The van der Waals surface area contributed by atoms with Gasteiger partial charge in [-0.05, 0) is 42.1 Å². The van der Waals surface area contributed by atoms with Gasteiger partial charge < -0.3 is 4.90 Å². The molecule has 20 heavy (non-hydrogen) atoms. The first kappa shape index (κ1) is 14.1. The van der Waals surface area contributed by atoms with Gasteiger partial charge in [-0.15, -0.1) is 0 Å². The number of hydrogen-bond donors (Lipinski definition) is 0. The summed E-state index contributed by atoms with van der Waals surface area (Å²) in [5, 5.41) is 3.41. The lowest BCUT2D eigenvalue weighted by atomic mass is 10.0. The van der Waals surface area contributed by atoms with E-state index >= 15 is 0 Å². The minimum Gasteiger partial charge on any atom is -0.312 e. The van der Waals surface area contributed by atoms with E-state index in [-0.39, 0.29) is 11.7 Å². The summed E-state index contributed by atoms with van der Waals surface area (Å²) in [6.45, 7) is 2.56. The van der Waals surface area contributed by atoms with E-state index in [0.717, 1.165) is 17.7 Å². The number of azide groups is 1. The molecule has 1 amide bonds. The van der Waals surface area contributed by atoms with Crippen LogP contribution >= 0.6 is 0 Å². The zero-order chi connectivity index (χ0) is 14.5. The van der Waals surface area contributed by atoms with Crippen LogP contribution in [0.5, 0.6) is 0 Å². The Hall–Kier alpha value is -2.33. The summed E-state index contributed by atoms with van der Waals surface area (Å²) >= 11 is 0. The number of carbonyl (C=O) groups is 2. The van der Waals surface area contributed by atoms with Gasteiger partial charge in [0.25, 0.3) is 0 Å². The molecule has 0 radical (unpaired) electrons. The van der Waals surface area contributed by atoms with Gasteiger partial charge in [-0.2, -0.15) is 0 Å². The summed E-state index contributed by atoms with van der Waals surface area (Å²) in [5.41, 5.74) is 10.8. The number of hydrogen-bond acceptors (Lipinski definition) is 3. The highest BCUT2D eigenvalue weighted by Gasteiger charge is 2.22. The van der Waals surface area contributed by atoms with Crippen LogP contribution in [0.15, 0.2) is 23.3 Å². The Morgan fingerprint density at radius 1 is 1.45 bits per heavy atom. The quantitative estimate of drug-likeness (QED) is 0.271. The van der Waals surface area contributed by atoms with Crippen molar-refractivity contribution in [2.24, 2.45) is 5.11 Å². The zero-order valence-corrected chi connectivity index (χ0v) is 11.4. The molecular formula is C14H16N4O2. The molecular weight excluding hydrogens is 256 g/mol. The summed E-state index contributed by atoms with van der Waals surface area (Å²) in [4.78, 5) is 27.8. The number of amides is 1. The summed E-state index contributed by atoms with van der Waals surface area (Å²) in [7, 11) is 0. The number of nitrogens with zero attached hydrogens (tertiary/aromatic N) is 4. The molecule has 1 aliphatic heterocycles. The topological polar surface area (TPSA) is 86.1 Å². The summed E-state index contributed by atoms with van der Waals surface area (Å²) in [6.07, 6.45) is 1.71. The summed E-state index contributed by atoms with van der Waals surface area (Å²) in [5.74, 6) is 0.0689. The van der Waals surface area contributed by atoms with E-state index in [1.807, 2.05) is 12.1 Å². The van der Waals surface area contributed by atoms with Crippen LogP contribution in [-0.4, -0.2) is 24.8 Å². The average Bonchev–Trinajstić information content (AvgIpc) is 2.86. The molecule has 0 spiro atoms. The molecule has 0 N–H and O–H groups in total. The van der Waals surface area contributed by atoms with Crippen molar-refractivity contribution in [3.05, 3.63) is 39.8 Å². The van der Waals surface area contributed by atoms with Crippen LogP contribution in [0.4, 0.5) is 5.69 Å². The lowest BCUT2D eigenvalue weighted by Crippen LogP contribution is -2.25. The number of rotatable bonds is 5. The van der Waals surface area contributed by atoms with E-state index in [1.54, 1.807) is 17.9 Å². The highest BCUT2D eigenvalue weighted by molar-refractivity contribution is 5.98. The fourth-order valence-electron chi connectivity index (χ4n) is 2.40. The van der Waals surface area contributed by atoms with Crippen LogP contribution in [-0.2, 0) is 11.2 Å². The maximum absolute atomic E-state index is 12.0. The Bertz CT molecular complexity index is 591. The molecule has 0 bridgehead atoms. The van der Waals surface area contributed by atoms with Gasteiger partial charge in [0.2, 0.25) is 5.91 Å². The molecule has 104 valence electrons. The minimum atomic E-state index is 0.0252.